The minimum atomic E-state index is -0.582. The van der Waals surface area contributed by atoms with Crippen molar-refractivity contribution in [2.75, 3.05) is 6.61 Å². The fourth-order valence-electron chi connectivity index (χ4n) is 2.48. The van der Waals surface area contributed by atoms with Gasteiger partial charge in [-0.15, -0.1) is 0 Å². The maximum Gasteiger partial charge on any atom is 0.273 e. The van der Waals surface area contributed by atoms with E-state index in [9.17, 15) is 19.7 Å². The number of nitro groups is 1. The number of carbonyl (C=O) groups excluding carboxylic acids is 2. The second-order valence-corrected chi connectivity index (χ2v) is 6.12. The van der Waals surface area contributed by atoms with Crippen LogP contribution in [-0.2, 0) is 0 Å². The highest BCUT2D eigenvalue weighted by Crippen LogP contribution is 2.18. The third-order valence-corrected chi connectivity index (χ3v) is 4.02. The second kappa shape index (κ2) is 10.7. The van der Waals surface area contributed by atoms with E-state index in [0.29, 0.717) is 17.9 Å². The molecule has 0 saturated heterocycles. The highest BCUT2D eigenvalue weighted by Gasteiger charge is 2.14. The van der Waals surface area contributed by atoms with Gasteiger partial charge in [0.15, 0.2) is 0 Å². The quantitative estimate of drug-likeness (QED) is 0.389. The molecule has 0 atom stereocenters. The van der Waals surface area contributed by atoms with E-state index in [0.717, 1.165) is 25.7 Å². The van der Waals surface area contributed by atoms with Gasteiger partial charge in [0.05, 0.1) is 17.1 Å². The Morgan fingerprint density at radius 2 is 1.64 bits per heavy atom. The van der Waals surface area contributed by atoms with Gasteiger partial charge in [0.25, 0.3) is 17.5 Å². The van der Waals surface area contributed by atoms with Gasteiger partial charge in [-0.1, -0.05) is 38.3 Å². The Bertz CT molecular complexity index is 821. The number of benzene rings is 2. The van der Waals surface area contributed by atoms with Crippen LogP contribution in [0.15, 0.2) is 48.5 Å². The summed E-state index contributed by atoms with van der Waals surface area (Å²) in [5.74, 6) is -0.651. The standard InChI is InChI=1S/C20H23N3O5/c1-2-3-4-7-14-28-18-9-6-5-8-17(18)20(25)22-21-19(24)15-10-12-16(13-11-15)23(26)27/h5-6,8-13H,2-4,7,14H2,1H3,(H,21,24)(H,22,25). The molecule has 0 heterocycles. The fourth-order valence-corrected chi connectivity index (χ4v) is 2.48. The molecule has 8 heteroatoms. The zero-order chi connectivity index (χ0) is 20.4. The highest BCUT2D eigenvalue weighted by molar-refractivity contribution is 6.00. The molecular weight excluding hydrogens is 362 g/mol. The molecule has 0 bridgehead atoms. The molecule has 0 unspecified atom stereocenters. The van der Waals surface area contributed by atoms with E-state index in [1.165, 1.54) is 24.3 Å². The number of unbranched alkanes of at least 4 members (excludes halogenated alkanes) is 3. The first-order chi connectivity index (χ1) is 13.5. The number of carbonyl (C=O) groups is 2. The number of nitrogens with one attached hydrogen (secondary N) is 2. The molecule has 148 valence electrons. The molecule has 0 radical (unpaired) electrons. The molecule has 0 aliphatic carbocycles. The molecule has 0 aliphatic heterocycles. The molecule has 2 amide bonds. The first-order valence-electron chi connectivity index (χ1n) is 9.10. The lowest BCUT2D eigenvalue weighted by atomic mass is 10.2. The number of hydrogen-bond donors (Lipinski definition) is 2. The molecule has 0 aliphatic rings. The van der Waals surface area contributed by atoms with Gasteiger partial charge in [-0.2, -0.15) is 0 Å². The molecule has 2 N–H and O–H groups in total. The largest absolute Gasteiger partial charge is 0.493 e. The van der Waals surface area contributed by atoms with Crippen LogP contribution in [-0.4, -0.2) is 23.3 Å². The number of para-hydroxylation sites is 1. The van der Waals surface area contributed by atoms with Crippen molar-refractivity contribution in [2.45, 2.75) is 32.6 Å². The van der Waals surface area contributed by atoms with E-state index in [4.69, 9.17) is 4.74 Å². The van der Waals surface area contributed by atoms with E-state index >= 15 is 0 Å². The van der Waals surface area contributed by atoms with Crippen LogP contribution < -0.4 is 15.6 Å². The SMILES string of the molecule is CCCCCCOc1ccccc1C(=O)NNC(=O)c1ccc([N+](=O)[O-])cc1. The van der Waals surface area contributed by atoms with Crippen LogP contribution in [0.25, 0.3) is 0 Å². The second-order valence-electron chi connectivity index (χ2n) is 6.12. The number of amides is 2. The number of nitrogens with zero attached hydrogens (tertiary/aromatic N) is 1. The van der Waals surface area contributed by atoms with Crippen LogP contribution in [0.3, 0.4) is 0 Å². The summed E-state index contributed by atoms with van der Waals surface area (Å²) in [7, 11) is 0. The van der Waals surface area contributed by atoms with Crippen LogP contribution in [0.2, 0.25) is 0 Å². The minimum Gasteiger partial charge on any atom is -0.493 e. The minimum absolute atomic E-state index is 0.120. The summed E-state index contributed by atoms with van der Waals surface area (Å²) in [4.78, 5) is 34.6. The van der Waals surface area contributed by atoms with Crippen molar-refractivity contribution in [3.63, 3.8) is 0 Å². The third kappa shape index (κ3) is 6.08. The molecule has 8 nitrogen and oxygen atoms in total. The van der Waals surface area contributed by atoms with Crippen molar-refractivity contribution in [3.8, 4) is 5.75 Å². The Kier molecular flexibility index (Phi) is 7.95. The lowest BCUT2D eigenvalue weighted by Gasteiger charge is -2.12. The van der Waals surface area contributed by atoms with Crippen molar-refractivity contribution in [1.82, 2.24) is 10.9 Å². The zero-order valence-corrected chi connectivity index (χ0v) is 15.6. The number of non-ortho nitro benzene ring substituents is 1. The smallest absolute Gasteiger partial charge is 0.273 e. The van der Waals surface area contributed by atoms with Gasteiger partial charge in [0, 0.05) is 17.7 Å². The lowest BCUT2D eigenvalue weighted by Crippen LogP contribution is -2.41. The van der Waals surface area contributed by atoms with Crippen molar-refractivity contribution in [3.05, 3.63) is 69.8 Å². The maximum atomic E-state index is 12.4. The van der Waals surface area contributed by atoms with E-state index in [-0.39, 0.29) is 11.3 Å². The number of hydrogen-bond acceptors (Lipinski definition) is 5. The normalized spacial score (nSPS) is 10.2. The van der Waals surface area contributed by atoms with E-state index in [2.05, 4.69) is 17.8 Å². The average Bonchev–Trinajstić information content (AvgIpc) is 2.72. The summed E-state index contributed by atoms with van der Waals surface area (Å²) in [6.07, 6.45) is 4.24. The first kappa shape index (κ1) is 20.9. The predicted molar refractivity (Wildman–Crippen MR) is 104 cm³/mol. The summed E-state index contributed by atoms with van der Waals surface area (Å²) in [5, 5.41) is 10.6. The van der Waals surface area contributed by atoms with Gasteiger partial charge in [-0.25, -0.2) is 0 Å². The highest BCUT2D eigenvalue weighted by atomic mass is 16.6. The van der Waals surface area contributed by atoms with E-state index in [1.54, 1.807) is 24.3 Å². The summed E-state index contributed by atoms with van der Waals surface area (Å²) < 4.78 is 5.69. The molecule has 0 fully saturated rings. The van der Waals surface area contributed by atoms with Crippen LogP contribution in [0.1, 0.15) is 53.3 Å². The van der Waals surface area contributed by atoms with Crippen LogP contribution >= 0.6 is 0 Å². The molecular formula is C20H23N3O5. The Hall–Kier alpha value is -3.42. The van der Waals surface area contributed by atoms with Gasteiger partial charge in [-0.05, 0) is 30.7 Å². The third-order valence-electron chi connectivity index (χ3n) is 4.02. The van der Waals surface area contributed by atoms with Crippen molar-refractivity contribution >= 4 is 17.5 Å². The van der Waals surface area contributed by atoms with Crippen molar-refractivity contribution in [1.29, 1.82) is 0 Å². The Morgan fingerprint density at radius 3 is 2.32 bits per heavy atom. The maximum absolute atomic E-state index is 12.4. The molecule has 2 rings (SSSR count). The number of nitro benzene ring substituents is 1. The topological polar surface area (TPSA) is 111 Å². The number of rotatable bonds is 9. The van der Waals surface area contributed by atoms with Crippen molar-refractivity contribution < 1.29 is 19.2 Å². The van der Waals surface area contributed by atoms with Gasteiger partial charge in [0.2, 0.25) is 0 Å². The Labute approximate surface area is 163 Å². The Morgan fingerprint density at radius 1 is 0.964 bits per heavy atom. The first-order valence-corrected chi connectivity index (χ1v) is 9.10. The van der Waals surface area contributed by atoms with Crippen LogP contribution in [0.5, 0.6) is 5.75 Å². The number of hydrazine groups is 1. The summed E-state index contributed by atoms with van der Waals surface area (Å²) in [6.45, 7) is 2.64. The Balaban J connectivity index is 1.91. The fraction of sp³-hybridized carbons (Fsp3) is 0.300. The molecule has 0 saturated carbocycles. The van der Waals surface area contributed by atoms with Crippen LogP contribution in [0, 0.1) is 10.1 Å². The summed E-state index contributed by atoms with van der Waals surface area (Å²) in [6, 6.07) is 11.9. The molecule has 28 heavy (non-hydrogen) atoms. The monoisotopic (exact) mass is 385 g/mol. The van der Waals surface area contributed by atoms with Gasteiger partial charge in [0.1, 0.15) is 5.75 Å². The molecule has 2 aromatic carbocycles. The van der Waals surface area contributed by atoms with Gasteiger partial charge in [-0.3, -0.25) is 30.6 Å². The van der Waals surface area contributed by atoms with Crippen molar-refractivity contribution in [2.24, 2.45) is 0 Å². The summed E-state index contributed by atoms with van der Waals surface area (Å²) in [5.41, 5.74) is 5.00. The zero-order valence-electron chi connectivity index (χ0n) is 15.6. The average molecular weight is 385 g/mol. The van der Waals surface area contributed by atoms with Gasteiger partial charge >= 0.3 is 0 Å². The molecule has 0 spiro atoms. The van der Waals surface area contributed by atoms with Gasteiger partial charge < -0.3 is 4.74 Å². The lowest BCUT2D eigenvalue weighted by molar-refractivity contribution is -0.384. The van der Waals surface area contributed by atoms with E-state index in [1.807, 2.05) is 0 Å². The predicted octanol–water partition coefficient (Wildman–Crippen LogP) is 3.63. The molecule has 0 aromatic heterocycles. The molecule has 2 aromatic rings. The van der Waals surface area contributed by atoms with E-state index < -0.39 is 16.7 Å². The summed E-state index contributed by atoms with van der Waals surface area (Å²) >= 11 is 0. The van der Waals surface area contributed by atoms with Crippen LogP contribution in [0.4, 0.5) is 5.69 Å². The number of ether oxygens (including phenoxy) is 1.